The number of aliphatic imine (C=N–C) groups is 1. The second-order valence-electron chi connectivity index (χ2n) is 6.58. The molecular weight excluding hydrogens is 453 g/mol. The molecule has 0 atom stereocenters. The molecule has 0 saturated carbocycles. The van der Waals surface area contributed by atoms with E-state index in [9.17, 15) is 8.42 Å². The number of nitrogens with one attached hydrogen (secondary N) is 2. The topological polar surface area (TPSA) is 77.0 Å². The summed E-state index contributed by atoms with van der Waals surface area (Å²) in [4.78, 5) is 9.30. The average Bonchev–Trinajstić information content (AvgIpc) is 2.57. The van der Waals surface area contributed by atoms with Crippen molar-refractivity contribution < 1.29 is 8.42 Å². The number of guanidine groups is 1. The quantitative estimate of drug-likeness (QED) is 0.307. The van der Waals surface area contributed by atoms with Crippen molar-refractivity contribution in [1.29, 1.82) is 0 Å². The first-order valence-electron chi connectivity index (χ1n) is 9.26. The molecule has 0 aromatic heterocycles. The largest absolute Gasteiger partial charge is 0.357 e. The molecule has 2 aliphatic heterocycles. The number of likely N-dealkylation sites (tertiary alicyclic amines) is 1. The van der Waals surface area contributed by atoms with Crippen LogP contribution >= 0.6 is 24.0 Å². The van der Waals surface area contributed by atoms with Gasteiger partial charge in [0.05, 0.1) is 18.1 Å². The zero-order valence-electron chi connectivity index (χ0n) is 15.4. The molecule has 0 spiro atoms. The molecule has 2 fully saturated rings. The van der Waals surface area contributed by atoms with E-state index in [-0.39, 0.29) is 35.5 Å². The third kappa shape index (κ3) is 9.39. The van der Waals surface area contributed by atoms with Crippen molar-refractivity contribution in [3.8, 4) is 0 Å². The minimum absolute atomic E-state index is 0. The Balaban J connectivity index is 0.00000312. The molecule has 2 saturated heterocycles. The lowest BCUT2D eigenvalue weighted by molar-refractivity contribution is 0.232. The molecule has 2 heterocycles. The minimum atomic E-state index is -2.80. The zero-order chi connectivity index (χ0) is 17.3. The normalized spacial score (nSPS) is 22.2. The molecule has 0 unspecified atom stereocenters. The summed E-state index contributed by atoms with van der Waals surface area (Å²) in [7, 11) is -2.80. The maximum Gasteiger partial charge on any atom is 0.191 e. The third-order valence-electron chi connectivity index (χ3n) is 4.64. The maximum atomic E-state index is 11.4. The molecule has 7 nitrogen and oxygen atoms in total. The first-order valence-corrected chi connectivity index (χ1v) is 11.1. The smallest absolute Gasteiger partial charge is 0.191 e. The molecule has 2 aliphatic rings. The number of rotatable bonds is 7. The van der Waals surface area contributed by atoms with Crippen LogP contribution < -0.4 is 10.6 Å². The van der Waals surface area contributed by atoms with Gasteiger partial charge in [-0.3, -0.25) is 9.89 Å². The van der Waals surface area contributed by atoms with E-state index in [0.717, 1.165) is 32.1 Å². The van der Waals surface area contributed by atoms with Gasteiger partial charge in [0.1, 0.15) is 0 Å². The van der Waals surface area contributed by atoms with Gasteiger partial charge in [0, 0.05) is 39.3 Å². The summed E-state index contributed by atoms with van der Waals surface area (Å²) in [6.45, 7) is 10.1. The van der Waals surface area contributed by atoms with Gasteiger partial charge in [-0.15, -0.1) is 24.0 Å². The van der Waals surface area contributed by atoms with Crippen molar-refractivity contribution in [2.24, 2.45) is 4.99 Å². The highest BCUT2D eigenvalue weighted by Crippen LogP contribution is 2.07. The second-order valence-corrected chi connectivity index (χ2v) is 8.89. The fourth-order valence-electron chi connectivity index (χ4n) is 3.13. The first-order chi connectivity index (χ1) is 11.6. The zero-order valence-corrected chi connectivity index (χ0v) is 18.5. The second kappa shape index (κ2) is 12.3. The van der Waals surface area contributed by atoms with Gasteiger partial charge in [-0.1, -0.05) is 6.42 Å². The van der Waals surface area contributed by atoms with Crippen LogP contribution in [0.3, 0.4) is 0 Å². The molecule has 0 aromatic carbocycles. The van der Waals surface area contributed by atoms with Crippen LogP contribution in [0, 0.1) is 0 Å². The Bertz CT molecular complexity index is 481. The van der Waals surface area contributed by atoms with Crippen molar-refractivity contribution in [3.63, 3.8) is 0 Å². The van der Waals surface area contributed by atoms with Gasteiger partial charge in [-0.25, -0.2) is 8.42 Å². The van der Waals surface area contributed by atoms with E-state index >= 15 is 0 Å². The van der Waals surface area contributed by atoms with Crippen molar-refractivity contribution >= 4 is 39.8 Å². The van der Waals surface area contributed by atoms with Gasteiger partial charge in [0.25, 0.3) is 0 Å². The van der Waals surface area contributed by atoms with Gasteiger partial charge in [0.15, 0.2) is 15.8 Å². The standard InChI is InChI=1S/C16H33N5O2S.HI/c1-2-17-16(18-6-10-20-8-4-3-5-9-20)19-7-11-21-12-14-24(22,23)15-13-21;/h2-15H2,1H3,(H2,17,18,19);1H. The Morgan fingerprint density at radius 3 is 2.24 bits per heavy atom. The van der Waals surface area contributed by atoms with E-state index in [1.807, 2.05) is 0 Å². The van der Waals surface area contributed by atoms with E-state index in [1.165, 1.54) is 32.4 Å². The van der Waals surface area contributed by atoms with Crippen LogP contribution in [-0.4, -0.2) is 94.6 Å². The Kier molecular flexibility index (Phi) is 11.3. The molecule has 0 amide bonds. The summed E-state index contributed by atoms with van der Waals surface area (Å²) >= 11 is 0. The SMILES string of the molecule is CCNC(=NCCN1CCS(=O)(=O)CC1)NCCN1CCCCC1.I. The number of piperidine rings is 1. The Labute approximate surface area is 169 Å². The number of nitrogens with zero attached hydrogens (tertiary/aromatic N) is 3. The summed E-state index contributed by atoms with van der Waals surface area (Å²) in [6.07, 6.45) is 4.01. The Morgan fingerprint density at radius 1 is 0.960 bits per heavy atom. The third-order valence-corrected chi connectivity index (χ3v) is 6.25. The molecule has 0 bridgehead atoms. The van der Waals surface area contributed by atoms with Crippen LogP contribution in [-0.2, 0) is 9.84 Å². The van der Waals surface area contributed by atoms with Crippen molar-refractivity contribution in [3.05, 3.63) is 0 Å². The molecule has 0 aliphatic carbocycles. The molecule has 0 aromatic rings. The predicted molar refractivity (Wildman–Crippen MR) is 115 cm³/mol. The lowest BCUT2D eigenvalue weighted by atomic mass is 10.1. The maximum absolute atomic E-state index is 11.4. The van der Waals surface area contributed by atoms with Crippen molar-refractivity contribution in [2.45, 2.75) is 26.2 Å². The highest BCUT2D eigenvalue weighted by atomic mass is 127. The average molecular weight is 487 g/mol. The summed E-state index contributed by atoms with van der Waals surface area (Å²) in [5.41, 5.74) is 0. The van der Waals surface area contributed by atoms with Crippen LogP contribution in [0.5, 0.6) is 0 Å². The molecule has 2 rings (SSSR count). The van der Waals surface area contributed by atoms with Crippen molar-refractivity contribution in [2.75, 3.05) is 70.4 Å². The summed E-state index contributed by atoms with van der Waals surface area (Å²) < 4.78 is 22.9. The minimum Gasteiger partial charge on any atom is -0.357 e. The first kappa shape index (κ1) is 22.9. The molecule has 25 heavy (non-hydrogen) atoms. The Hall–Kier alpha value is -0.130. The van der Waals surface area contributed by atoms with Crippen LogP contribution in [0.4, 0.5) is 0 Å². The van der Waals surface area contributed by atoms with E-state index in [2.05, 4.69) is 32.3 Å². The molecule has 2 N–H and O–H groups in total. The molecule has 9 heteroatoms. The van der Waals surface area contributed by atoms with Crippen molar-refractivity contribution in [1.82, 2.24) is 20.4 Å². The molecule has 148 valence electrons. The van der Waals surface area contributed by atoms with Gasteiger partial charge in [-0.2, -0.15) is 0 Å². The van der Waals surface area contributed by atoms with E-state index in [4.69, 9.17) is 0 Å². The van der Waals surface area contributed by atoms with Gasteiger partial charge < -0.3 is 15.5 Å². The monoisotopic (exact) mass is 487 g/mol. The predicted octanol–water partition coefficient (Wildman–Crippen LogP) is 0.376. The van der Waals surface area contributed by atoms with Gasteiger partial charge in [0.2, 0.25) is 0 Å². The lowest BCUT2D eigenvalue weighted by Crippen LogP contribution is -2.44. The number of halogens is 1. The number of hydrogen-bond donors (Lipinski definition) is 2. The van der Waals surface area contributed by atoms with Crippen LogP contribution in [0.1, 0.15) is 26.2 Å². The van der Waals surface area contributed by atoms with E-state index in [1.54, 1.807) is 0 Å². The summed E-state index contributed by atoms with van der Waals surface area (Å²) in [5.74, 6) is 1.43. The van der Waals surface area contributed by atoms with Crippen LogP contribution in [0.2, 0.25) is 0 Å². The van der Waals surface area contributed by atoms with Crippen LogP contribution in [0.15, 0.2) is 4.99 Å². The van der Waals surface area contributed by atoms with Gasteiger partial charge in [-0.05, 0) is 32.9 Å². The summed E-state index contributed by atoms with van der Waals surface area (Å²) in [6, 6.07) is 0. The van der Waals surface area contributed by atoms with E-state index in [0.29, 0.717) is 19.6 Å². The highest BCUT2D eigenvalue weighted by molar-refractivity contribution is 14.0. The highest BCUT2D eigenvalue weighted by Gasteiger charge is 2.20. The van der Waals surface area contributed by atoms with Gasteiger partial charge >= 0.3 is 0 Å². The summed E-state index contributed by atoms with van der Waals surface area (Å²) in [5, 5.41) is 6.68. The fourth-order valence-corrected chi connectivity index (χ4v) is 4.41. The number of sulfone groups is 1. The number of hydrogen-bond acceptors (Lipinski definition) is 5. The van der Waals surface area contributed by atoms with Crippen LogP contribution in [0.25, 0.3) is 0 Å². The lowest BCUT2D eigenvalue weighted by Gasteiger charge is -2.27. The fraction of sp³-hybridized carbons (Fsp3) is 0.938. The Morgan fingerprint density at radius 2 is 1.60 bits per heavy atom. The molecular formula is C16H34IN5O2S. The van der Waals surface area contributed by atoms with E-state index < -0.39 is 9.84 Å². The molecule has 0 radical (unpaired) electrons.